The molecule has 1 heterocycles. The van der Waals surface area contributed by atoms with Gasteiger partial charge in [-0.05, 0) is 31.2 Å². The second-order valence-corrected chi connectivity index (χ2v) is 3.91. The lowest BCUT2D eigenvalue weighted by Gasteiger charge is -2.07. The molecule has 0 atom stereocenters. The molecule has 0 saturated carbocycles. The Morgan fingerprint density at radius 1 is 1.37 bits per heavy atom. The highest BCUT2D eigenvalue weighted by Crippen LogP contribution is 2.28. The monoisotopic (exact) mass is 257 g/mol. The molecule has 0 aliphatic rings. The molecule has 2 rings (SSSR count). The standard InChI is InChI=1S/C13H11N3O3/c1-9(17)10-4-5-12(13(7-10)16(18)19)15-11-3-2-6-14-8-11/h2-8,15H,1H3. The topological polar surface area (TPSA) is 85.1 Å². The number of rotatable bonds is 4. The first-order valence-electron chi connectivity index (χ1n) is 5.54. The van der Waals surface area contributed by atoms with Crippen LogP contribution in [-0.4, -0.2) is 15.7 Å². The summed E-state index contributed by atoms with van der Waals surface area (Å²) in [5, 5.41) is 13.9. The fourth-order valence-corrected chi connectivity index (χ4v) is 1.60. The highest BCUT2D eigenvalue weighted by Gasteiger charge is 2.16. The lowest BCUT2D eigenvalue weighted by molar-refractivity contribution is -0.383. The molecule has 0 fully saturated rings. The van der Waals surface area contributed by atoms with E-state index in [0.29, 0.717) is 16.9 Å². The summed E-state index contributed by atoms with van der Waals surface area (Å²) in [6.45, 7) is 1.37. The minimum absolute atomic E-state index is 0.142. The van der Waals surface area contributed by atoms with Crippen molar-refractivity contribution in [3.8, 4) is 0 Å². The number of pyridine rings is 1. The number of Topliss-reactive ketones (excluding diaryl/α,β-unsaturated/α-hetero) is 1. The molecule has 0 saturated heterocycles. The average Bonchev–Trinajstić information content (AvgIpc) is 2.39. The number of hydrogen-bond donors (Lipinski definition) is 1. The number of carbonyl (C=O) groups is 1. The maximum Gasteiger partial charge on any atom is 0.293 e. The van der Waals surface area contributed by atoms with Gasteiger partial charge < -0.3 is 5.32 Å². The van der Waals surface area contributed by atoms with Crippen molar-refractivity contribution in [1.82, 2.24) is 4.98 Å². The summed E-state index contributed by atoms with van der Waals surface area (Å²) in [6, 6.07) is 7.80. The molecule has 6 heteroatoms. The van der Waals surface area contributed by atoms with E-state index in [1.165, 1.54) is 19.1 Å². The zero-order valence-electron chi connectivity index (χ0n) is 10.2. The first-order valence-corrected chi connectivity index (χ1v) is 5.54. The summed E-state index contributed by atoms with van der Waals surface area (Å²) in [4.78, 5) is 25.7. The van der Waals surface area contributed by atoms with Gasteiger partial charge in [0.25, 0.3) is 5.69 Å². The Morgan fingerprint density at radius 3 is 2.74 bits per heavy atom. The van der Waals surface area contributed by atoms with Gasteiger partial charge >= 0.3 is 0 Å². The van der Waals surface area contributed by atoms with Crippen molar-refractivity contribution < 1.29 is 9.72 Å². The summed E-state index contributed by atoms with van der Waals surface area (Å²) in [5.41, 5.74) is 1.13. The van der Waals surface area contributed by atoms with Crippen molar-refractivity contribution in [3.63, 3.8) is 0 Å². The zero-order valence-corrected chi connectivity index (χ0v) is 10.2. The molecule has 6 nitrogen and oxygen atoms in total. The van der Waals surface area contributed by atoms with Crippen LogP contribution in [0.1, 0.15) is 17.3 Å². The minimum atomic E-state index is -0.523. The summed E-state index contributed by atoms with van der Waals surface area (Å²) in [7, 11) is 0. The zero-order chi connectivity index (χ0) is 13.8. The highest BCUT2D eigenvalue weighted by molar-refractivity contribution is 5.95. The number of nitrogens with zero attached hydrogens (tertiary/aromatic N) is 2. The van der Waals surface area contributed by atoms with Crippen molar-refractivity contribution in [3.05, 3.63) is 58.4 Å². The Hall–Kier alpha value is -2.76. The van der Waals surface area contributed by atoms with Gasteiger partial charge in [-0.2, -0.15) is 0 Å². The van der Waals surface area contributed by atoms with Gasteiger partial charge in [0, 0.05) is 17.8 Å². The third kappa shape index (κ3) is 2.92. The van der Waals surface area contributed by atoms with Crippen molar-refractivity contribution in [2.24, 2.45) is 0 Å². The van der Waals surface area contributed by atoms with Crippen LogP contribution in [0.25, 0.3) is 0 Å². The molecule has 0 bridgehead atoms. The maximum atomic E-state index is 11.2. The number of carbonyl (C=O) groups excluding carboxylic acids is 1. The van der Waals surface area contributed by atoms with Crippen LogP contribution in [0.2, 0.25) is 0 Å². The smallest absolute Gasteiger partial charge is 0.293 e. The van der Waals surface area contributed by atoms with E-state index in [9.17, 15) is 14.9 Å². The maximum absolute atomic E-state index is 11.2. The quantitative estimate of drug-likeness (QED) is 0.517. The van der Waals surface area contributed by atoms with E-state index >= 15 is 0 Å². The van der Waals surface area contributed by atoms with E-state index in [4.69, 9.17) is 0 Å². The van der Waals surface area contributed by atoms with Gasteiger partial charge in [-0.1, -0.05) is 0 Å². The lowest BCUT2D eigenvalue weighted by atomic mass is 10.1. The Morgan fingerprint density at radius 2 is 2.16 bits per heavy atom. The molecule has 0 aliphatic carbocycles. The van der Waals surface area contributed by atoms with Gasteiger partial charge in [0.1, 0.15) is 5.69 Å². The molecule has 1 N–H and O–H groups in total. The first kappa shape index (κ1) is 12.7. The van der Waals surface area contributed by atoms with Crippen LogP contribution in [0.15, 0.2) is 42.7 Å². The van der Waals surface area contributed by atoms with Crippen molar-refractivity contribution >= 4 is 22.8 Å². The molecular formula is C13H11N3O3. The van der Waals surface area contributed by atoms with Gasteiger partial charge in [-0.3, -0.25) is 19.9 Å². The van der Waals surface area contributed by atoms with Gasteiger partial charge in [-0.15, -0.1) is 0 Å². The van der Waals surface area contributed by atoms with E-state index < -0.39 is 4.92 Å². The van der Waals surface area contributed by atoms with E-state index in [-0.39, 0.29) is 11.5 Å². The van der Waals surface area contributed by atoms with E-state index in [2.05, 4.69) is 10.3 Å². The van der Waals surface area contributed by atoms with Crippen molar-refractivity contribution in [2.45, 2.75) is 6.92 Å². The number of nitro benzene ring substituents is 1. The normalized spacial score (nSPS) is 9.95. The van der Waals surface area contributed by atoms with Crippen LogP contribution in [0.4, 0.5) is 17.1 Å². The molecule has 0 spiro atoms. The predicted molar refractivity (Wildman–Crippen MR) is 70.6 cm³/mol. The molecule has 0 radical (unpaired) electrons. The molecule has 0 aliphatic heterocycles. The number of aromatic nitrogens is 1. The second-order valence-electron chi connectivity index (χ2n) is 3.91. The van der Waals surface area contributed by atoms with Gasteiger partial charge in [0.2, 0.25) is 0 Å². The molecule has 0 unspecified atom stereocenters. The molecule has 1 aromatic heterocycles. The number of anilines is 2. The van der Waals surface area contributed by atoms with Gasteiger partial charge in [0.05, 0.1) is 16.8 Å². The molecule has 1 aromatic carbocycles. The van der Waals surface area contributed by atoms with E-state index in [1.54, 1.807) is 30.6 Å². The fourth-order valence-electron chi connectivity index (χ4n) is 1.60. The number of nitrogens with one attached hydrogen (secondary N) is 1. The second kappa shape index (κ2) is 5.26. The number of nitro groups is 1. The highest BCUT2D eigenvalue weighted by atomic mass is 16.6. The lowest BCUT2D eigenvalue weighted by Crippen LogP contribution is -2.00. The van der Waals surface area contributed by atoms with E-state index in [1.807, 2.05) is 0 Å². The minimum Gasteiger partial charge on any atom is -0.349 e. The Bertz CT molecular complexity index is 626. The fraction of sp³-hybridized carbons (Fsp3) is 0.0769. The summed E-state index contributed by atoms with van der Waals surface area (Å²) < 4.78 is 0. The van der Waals surface area contributed by atoms with Crippen molar-refractivity contribution in [1.29, 1.82) is 0 Å². The third-order valence-corrected chi connectivity index (χ3v) is 2.54. The molecule has 19 heavy (non-hydrogen) atoms. The summed E-state index contributed by atoms with van der Waals surface area (Å²) in [5.74, 6) is -0.212. The van der Waals surface area contributed by atoms with Crippen LogP contribution in [0, 0.1) is 10.1 Å². The average molecular weight is 257 g/mol. The first-order chi connectivity index (χ1) is 9.08. The summed E-state index contributed by atoms with van der Waals surface area (Å²) in [6.07, 6.45) is 3.17. The van der Waals surface area contributed by atoms with Crippen LogP contribution in [0.5, 0.6) is 0 Å². The predicted octanol–water partition coefficient (Wildman–Crippen LogP) is 2.94. The Labute approximate surface area is 109 Å². The van der Waals surface area contributed by atoms with Gasteiger partial charge in [0.15, 0.2) is 5.78 Å². The van der Waals surface area contributed by atoms with E-state index in [0.717, 1.165) is 0 Å². The van der Waals surface area contributed by atoms with Crippen LogP contribution < -0.4 is 5.32 Å². The summed E-state index contributed by atoms with van der Waals surface area (Å²) >= 11 is 0. The SMILES string of the molecule is CC(=O)c1ccc(Nc2cccnc2)c([N+](=O)[O-])c1. The largest absolute Gasteiger partial charge is 0.349 e. The number of hydrogen-bond acceptors (Lipinski definition) is 5. The Balaban J connectivity index is 2.40. The van der Waals surface area contributed by atoms with Gasteiger partial charge in [-0.25, -0.2) is 0 Å². The molecular weight excluding hydrogens is 246 g/mol. The van der Waals surface area contributed by atoms with Crippen LogP contribution in [0.3, 0.4) is 0 Å². The van der Waals surface area contributed by atoms with Crippen molar-refractivity contribution in [2.75, 3.05) is 5.32 Å². The third-order valence-electron chi connectivity index (χ3n) is 2.54. The molecule has 96 valence electrons. The Kier molecular flexibility index (Phi) is 3.51. The molecule has 0 amide bonds. The van der Waals surface area contributed by atoms with Crippen LogP contribution >= 0.6 is 0 Å². The van der Waals surface area contributed by atoms with Crippen LogP contribution in [-0.2, 0) is 0 Å². The number of benzene rings is 1. The molecule has 2 aromatic rings. The number of ketones is 1.